The predicted octanol–water partition coefficient (Wildman–Crippen LogP) is 4.75. The summed E-state index contributed by atoms with van der Waals surface area (Å²) in [7, 11) is 6.32. The normalized spacial score (nSPS) is 11.3. The van der Waals surface area contributed by atoms with Gasteiger partial charge in [0, 0.05) is 58.9 Å². The summed E-state index contributed by atoms with van der Waals surface area (Å²) in [4.78, 5) is 25.1. The molecule has 238 valence electrons. The van der Waals surface area contributed by atoms with Crippen molar-refractivity contribution < 1.29 is 37.0 Å². The van der Waals surface area contributed by atoms with Crippen molar-refractivity contribution in [3.05, 3.63) is 71.4 Å². The fraction of sp³-hybridized carbons (Fsp3) is 0.286. The molecule has 0 spiro atoms. The Morgan fingerprint density at radius 2 is 1.87 bits per heavy atom. The molecule has 1 aromatic carbocycles. The van der Waals surface area contributed by atoms with Crippen LogP contribution in [0.2, 0.25) is 0 Å². The molecule has 45 heavy (non-hydrogen) atoms. The monoisotopic (exact) mass is 644 g/mol. The smallest absolute Gasteiger partial charge is 0.344 e. The third kappa shape index (κ3) is 7.28. The largest absolute Gasteiger partial charge is 0.480 e. The Kier molecular flexibility index (Phi) is 10.0. The van der Waals surface area contributed by atoms with Crippen LogP contribution in [-0.4, -0.2) is 77.3 Å². The summed E-state index contributed by atoms with van der Waals surface area (Å²) in [6, 6.07) is 9.59. The Bertz CT molecular complexity index is 1770. The van der Waals surface area contributed by atoms with Crippen LogP contribution < -0.4 is 15.5 Å². The van der Waals surface area contributed by atoms with Crippen molar-refractivity contribution in [3.63, 3.8) is 0 Å². The second-order valence-corrected chi connectivity index (χ2v) is 10.6. The quantitative estimate of drug-likeness (QED) is 0.182. The summed E-state index contributed by atoms with van der Waals surface area (Å²) in [6.07, 6.45) is 1.59. The summed E-state index contributed by atoms with van der Waals surface area (Å²) in [5.41, 5.74) is 3.77. The SMILES string of the molecule is COCCN(C)Cc1c(-c2ccc(NC(=O)NOC)nc2)sc2c1on(-c1ccc(OC)nn1)on2Cc1c(F)cccc1F. The number of thiophene rings is 1. The van der Waals surface area contributed by atoms with E-state index in [0.29, 0.717) is 35.7 Å². The fourth-order valence-corrected chi connectivity index (χ4v) is 5.43. The van der Waals surface area contributed by atoms with Gasteiger partial charge in [0.2, 0.25) is 17.3 Å². The van der Waals surface area contributed by atoms with Gasteiger partial charge < -0.3 is 14.0 Å². The Hall–Kier alpha value is -4.84. The molecule has 5 aromatic rings. The van der Waals surface area contributed by atoms with Crippen LogP contribution in [0.25, 0.3) is 26.7 Å². The maximum absolute atomic E-state index is 14.8. The zero-order valence-electron chi connectivity index (χ0n) is 24.7. The predicted molar refractivity (Wildman–Crippen MR) is 160 cm³/mol. The van der Waals surface area contributed by atoms with Crippen molar-refractivity contribution in [2.75, 3.05) is 46.8 Å². The molecule has 5 rings (SSSR count). The standard InChI is InChI=1S/C28H30F2N8O6S/c1-36(12-13-40-2)15-19-25-27(45-26(19)17-8-9-22(31-14-17)32-28(39)35-42-4)37(16-18-20(29)6-5-7-21(18)30)44-38(43-25)23-10-11-24(41-3)34-33-23/h5-11,14H,12-13,15-16H2,1-4H3,(H2,31,32,35,39). The van der Waals surface area contributed by atoms with Crippen molar-refractivity contribution in [2.24, 2.45) is 0 Å². The molecule has 0 bridgehead atoms. The van der Waals surface area contributed by atoms with Gasteiger partial charge in [-0.05, 0) is 37.4 Å². The average Bonchev–Trinajstić information content (AvgIpc) is 3.40. The van der Waals surface area contributed by atoms with Crippen LogP contribution in [-0.2, 0) is 22.7 Å². The number of benzene rings is 1. The number of pyridine rings is 1. The maximum atomic E-state index is 14.8. The van der Waals surface area contributed by atoms with Gasteiger partial charge in [0.05, 0.1) is 27.4 Å². The van der Waals surface area contributed by atoms with Crippen molar-refractivity contribution in [1.82, 2.24) is 35.2 Å². The fourth-order valence-electron chi connectivity index (χ4n) is 4.27. The summed E-state index contributed by atoms with van der Waals surface area (Å²) in [5, 5.41) is 10.7. The van der Waals surface area contributed by atoms with E-state index in [-0.39, 0.29) is 29.6 Å². The van der Waals surface area contributed by atoms with Crippen molar-refractivity contribution in [3.8, 4) is 22.1 Å². The number of carbonyl (C=O) groups excluding carboxylic acids is 1. The number of carbonyl (C=O) groups is 1. The number of hydrogen-bond acceptors (Lipinski definition) is 11. The van der Waals surface area contributed by atoms with Crippen molar-refractivity contribution in [2.45, 2.75) is 13.1 Å². The summed E-state index contributed by atoms with van der Waals surface area (Å²) < 4.78 is 53.6. The molecule has 0 aliphatic carbocycles. The van der Waals surface area contributed by atoms with Gasteiger partial charge in [-0.2, -0.15) is 4.74 Å². The molecule has 17 heteroatoms. The second-order valence-electron chi connectivity index (χ2n) is 9.57. The Balaban J connectivity index is 1.69. The topological polar surface area (TPSA) is 147 Å². The first kappa shape index (κ1) is 31.6. The van der Waals surface area contributed by atoms with Crippen LogP contribution in [0.1, 0.15) is 11.1 Å². The lowest BCUT2D eigenvalue weighted by atomic mass is 10.1. The first-order valence-corrected chi connectivity index (χ1v) is 14.3. The van der Waals surface area contributed by atoms with Gasteiger partial charge >= 0.3 is 6.03 Å². The molecule has 0 saturated carbocycles. The number of aromatic nitrogens is 5. The average molecular weight is 645 g/mol. The number of anilines is 1. The lowest BCUT2D eigenvalue weighted by Gasteiger charge is -2.17. The van der Waals surface area contributed by atoms with Gasteiger partial charge in [-0.1, -0.05) is 6.07 Å². The van der Waals surface area contributed by atoms with E-state index in [1.165, 1.54) is 48.5 Å². The van der Waals surface area contributed by atoms with Crippen LogP contribution >= 0.6 is 11.3 Å². The number of ether oxygens (including phenoxy) is 2. The minimum absolute atomic E-state index is 0.151. The molecule has 0 fully saturated rings. The van der Waals surface area contributed by atoms with Crippen molar-refractivity contribution in [1.29, 1.82) is 0 Å². The minimum Gasteiger partial charge on any atom is -0.480 e. The number of halogens is 2. The highest BCUT2D eigenvalue weighted by atomic mass is 32.1. The number of nitrogens with zero attached hydrogens (tertiary/aromatic N) is 6. The van der Waals surface area contributed by atoms with Gasteiger partial charge in [0.25, 0.3) is 0 Å². The van der Waals surface area contributed by atoms with Gasteiger partial charge in [-0.3, -0.25) is 19.7 Å². The van der Waals surface area contributed by atoms with Crippen LogP contribution in [0.15, 0.2) is 57.8 Å². The Labute approximate surface area is 259 Å². The second kappa shape index (κ2) is 14.3. The van der Waals surface area contributed by atoms with Crippen LogP contribution in [0, 0.1) is 11.6 Å². The number of methoxy groups -OCH3 is 2. The first-order valence-electron chi connectivity index (χ1n) is 13.4. The molecule has 2 N–H and O–H groups in total. The third-order valence-corrected chi connectivity index (χ3v) is 7.74. The molecule has 0 radical (unpaired) electrons. The molecular weight excluding hydrogens is 614 g/mol. The maximum Gasteiger partial charge on any atom is 0.344 e. The highest BCUT2D eigenvalue weighted by Gasteiger charge is 2.24. The van der Waals surface area contributed by atoms with Gasteiger partial charge in [-0.25, -0.2) is 24.0 Å². The summed E-state index contributed by atoms with van der Waals surface area (Å²) in [5.74, 6) is -0.760. The molecule has 0 saturated heterocycles. The highest BCUT2D eigenvalue weighted by Crippen LogP contribution is 2.40. The lowest BCUT2D eigenvalue weighted by molar-refractivity contribution is 0.0268. The van der Waals surface area contributed by atoms with Crippen LogP contribution in [0.3, 0.4) is 0 Å². The molecule has 4 aromatic heterocycles. The minimum atomic E-state index is -0.733. The number of fused-ring (bicyclic) bond motifs is 1. The van der Waals surface area contributed by atoms with Gasteiger partial charge in [-0.15, -0.1) is 21.5 Å². The van der Waals surface area contributed by atoms with E-state index in [2.05, 4.69) is 30.8 Å². The molecule has 0 atom stereocenters. The Morgan fingerprint density at radius 3 is 2.51 bits per heavy atom. The summed E-state index contributed by atoms with van der Waals surface area (Å²) in [6.45, 7) is 1.18. The van der Waals surface area contributed by atoms with E-state index in [4.69, 9.17) is 18.6 Å². The molecule has 4 heterocycles. The van der Waals surface area contributed by atoms with Gasteiger partial charge in [0.1, 0.15) is 17.5 Å². The Morgan fingerprint density at radius 1 is 1.07 bits per heavy atom. The van der Waals surface area contributed by atoms with E-state index in [1.807, 2.05) is 11.9 Å². The molecule has 2 amide bonds. The van der Waals surface area contributed by atoms with E-state index in [0.717, 1.165) is 15.4 Å². The number of rotatable bonds is 12. The molecular formula is C28H30F2N8O6S. The number of urea groups is 1. The van der Waals surface area contributed by atoms with Gasteiger partial charge in [0.15, 0.2) is 4.83 Å². The van der Waals surface area contributed by atoms with E-state index < -0.39 is 17.7 Å². The molecule has 0 aliphatic rings. The molecule has 14 nitrogen and oxygen atoms in total. The van der Waals surface area contributed by atoms with Crippen molar-refractivity contribution >= 4 is 33.6 Å². The van der Waals surface area contributed by atoms with E-state index in [1.54, 1.807) is 37.6 Å². The van der Waals surface area contributed by atoms with Crippen LogP contribution in [0.5, 0.6) is 5.88 Å². The molecule has 0 unspecified atom stereocenters. The van der Waals surface area contributed by atoms with Crippen LogP contribution in [0.4, 0.5) is 19.4 Å². The summed E-state index contributed by atoms with van der Waals surface area (Å²) >= 11 is 1.28. The van der Waals surface area contributed by atoms with E-state index >= 15 is 0 Å². The number of hydrogen-bond donors (Lipinski definition) is 2. The lowest BCUT2D eigenvalue weighted by Crippen LogP contribution is -2.27. The number of nitrogens with one attached hydrogen (secondary N) is 2. The highest BCUT2D eigenvalue weighted by molar-refractivity contribution is 7.22. The number of hydroxylamine groups is 1. The number of amides is 2. The van der Waals surface area contributed by atoms with E-state index in [9.17, 15) is 13.6 Å². The number of likely N-dealkylation sites (N-methyl/N-ethyl adjacent to an activating group) is 1. The molecule has 0 aliphatic heterocycles. The first-order chi connectivity index (χ1) is 21.8. The third-order valence-electron chi connectivity index (χ3n) is 6.47. The zero-order valence-corrected chi connectivity index (χ0v) is 25.6. The zero-order chi connectivity index (χ0) is 31.9.